The zero-order chi connectivity index (χ0) is 42.4. The fourth-order valence-electron chi connectivity index (χ4n) is 6.06. The molecule has 334 valence electrons. The summed E-state index contributed by atoms with van der Waals surface area (Å²) in [6, 6.07) is 13.2. The number of fused-ring (bicyclic) bond motifs is 1. The van der Waals surface area contributed by atoms with Gasteiger partial charge < -0.3 is 58.6 Å². The van der Waals surface area contributed by atoms with Crippen molar-refractivity contribution in [2.75, 3.05) is 120 Å². The molecule has 1 saturated heterocycles. The maximum absolute atomic E-state index is 15.5. The molecule has 2 atom stereocenters. The number of H-pyrrole nitrogens is 1. The Balaban J connectivity index is 0.00000819. The first-order chi connectivity index (χ1) is 29.4. The summed E-state index contributed by atoms with van der Waals surface area (Å²) in [5.41, 5.74) is 1.31. The third-order valence-electron chi connectivity index (χ3n) is 9.25. The Morgan fingerprint density at radius 1 is 0.639 bits per heavy atom. The van der Waals surface area contributed by atoms with Gasteiger partial charge in [0.25, 0.3) is 11.8 Å². The Bertz CT molecular complexity index is 1940. The van der Waals surface area contributed by atoms with E-state index in [2.05, 4.69) is 26.1 Å². The number of methoxy groups -OCH3 is 2. The number of carbonyl (C=O) groups is 3. The Hall–Kier alpha value is -4.76. The van der Waals surface area contributed by atoms with E-state index in [4.69, 9.17) is 42.6 Å². The van der Waals surface area contributed by atoms with E-state index in [0.717, 1.165) is 10.9 Å². The smallest absolute Gasteiger partial charge is 0.251 e. The third kappa shape index (κ3) is 15.6. The predicted octanol–water partition coefficient (Wildman–Crippen LogP) is 2.99. The van der Waals surface area contributed by atoms with E-state index in [1.165, 1.54) is 43.5 Å². The average molecular weight is 876 g/mol. The van der Waals surface area contributed by atoms with Crippen LogP contribution in [0.1, 0.15) is 36.6 Å². The molecule has 2 heterocycles. The first-order valence-electron chi connectivity index (χ1n) is 19.7. The second-order valence-corrected chi connectivity index (χ2v) is 13.4. The maximum atomic E-state index is 15.5. The van der Waals surface area contributed by atoms with E-state index >= 15 is 4.39 Å². The zero-order valence-corrected chi connectivity index (χ0v) is 35.2. The maximum Gasteiger partial charge on any atom is 0.251 e. The minimum atomic E-state index is -0.874. The van der Waals surface area contributed by atoms with Crippen LogP contribution in [0.25, 0.3) is 10.9 Å². The van der Waals surface area contributed by atoms with Gasteiger partial charge in [-0.1, -0.05) is 18.2 Å². The van der Waals surface area contributed by atoms with Crippen molar-refractivity contribution in [3.05, 3.63) is 88.9 Å². The van der Waals surface area contributed by atoms with Crippen LogP contribution in [0, 0.1) is 5.82 Å². The minimum absolute atomic E-state index is 0. The number of nitrogens with one attached hydrogen (secondary N) is 4. The molecule has 1 aliphatic rings. The zero-order valence-electron chi connectivity index (χ0n) is 34.4. The molecule has 19 heteroatoms. The number of nitrogens with zero attached hydrogens (tertiary/aromatic N) is 1. The topological polar surface area (TPSA) is 199 Å². The number of benzene rings is 3. The lowest BCUT2D eigenvalue weighted by molar-refractivity contribution is -0.0199. The highest BCUT2D eigenvalue weighted by atomic mass is 35.5. The summed E-state index contributed by atoms with van der Waals surface area (Å²) >= 11 is 0. The van der Waals surface area contributed by atoms with E-state index in [-0.39, 0.29) is 65.8 Å². The molecule has 3 aromatic carbocycles. The SMILES string of the molecule is COCCOCCOCCOCCOCCOCCOCCOc1ccc(OC)c(F)c1C(=O)c1ccc(C(=O)N[C@@H]2CNC[C@H]2NC(=O)c2ccc3cn[nH]c3c2)cc1.Cl. The lowest BCUT2D eigenvalue weighted by Gasteiger charge is -2.21. The van der Waals surface area contributed by atoms with Crippen molar-refractivity contribution in [3.63, 3.8) is 0 Å². The van der Waals surface area contributed by atoms with Crippen LogP contribution in [0.2, 0.25) is 0 Å². The van der Waals surface area contributed by atoms with Crippen LogP contribution in [0.15, 0.2) is 60.8 Å². The number of carbonyl (C=O) groups excluding carboxylic acids is 3. The van der Waals surface area contributed by atoms with Gasteiger partial charge in [-0.15, -0.1) is 12.4 Å². The van der Waals surface area contributed by atoms with Crippen molar-refractivity contribution < 1.29 is 61.4 Å². The third-order valence-corrected chi connectivity index (χ3v) is 9.25. The van der Waals surface area contributed by atoms with Crippen LogP contribution in [0.4, 0.5) is 4.39 Å². The van der Waals surface area contributed by atoms with E-state index in [1.807, 2.05) is 6.07 Å². The van der Waals surface area contributed by atoms with Crippen molar-refractivity contribution >= 4 is 40.9 Å². The van der Waals surface area contributed by atoms with Crippen molar-refractivity contribution in [2.45, 2.75) is 12.1 Å². The van der Waals surface area contributed by atoms with Crippen LogP contribution in [0.3, 0.4) is 0 Å². The second-order valence-electron chi connectivity index (χ2n) is 13.4. The molecule has 0 saturated carbocycles. The van der Waals surface area contributed by atoms with Crippen LogP contribution in [-0.4, -0.2) is 160 Å². The lowest BCUT2D eigenvalue weighted by Crippen LogP contribution is -2.51. The van der Waals surface area contributed by atoms with Crippen LogP contribution < -0.4 is 25.4 Å². The highest BCUT2D eigenvalue weighted by Crippen LogP contribution is 2.31. The summed E-state index contributed by atoms with van der Waals surface area (Å²) in [5, 5.41) is 16.9. The summed E-state index contributed by atoms with van der Waals surface area (Å²) in [7, 11) is 2.93. The summed E-state index contributed by atoms with van der Waals surface area (Å²) in [5.74, 6) is -2.31. The van der Waals surface area contributed by atoms with Gasteiger partial charge >= 0.3 is 0 Å². The molecule has 1 aliphatic heterocycles. The average Bonchev–Trinajstić information content (AvgIpc) is 3.93. The molecule has 2 amide bonds. The molecule has 4 N–H and O–H groups in total. The number of hydrogen-bond acceptors (Lipinski definition) is 14. The van der Waals surface area contributed by atoms with E-state index in [0.29, 0.717) is 97.9 Å². The fourth-order valence-corrected chi connectivity index (χ4v) is 6.06. The van der Waals surface area contributed by atoms with Crippen LogP contribution in [0.5, 0.6) is 11.5 Å². The van der Waals surface area contributed by atoms with Crippen LogP contribution in [-0.2, 0) is 33.2 Å². The first-order valence-corrected chi connectivity index (χ1v) is 19.7. The molecule has 0 spiro atoms. The fraction of sp³-hybridized carbons (Fsp3) is 0.476. The Kier molecular flexibility index (Phi) is 21.8. The van der Waals surface area contributed by atoms with Crippen molar-refractivity contribution in [1.82, 2.24) is 26.1 Å². The van der Waals surface area contributed by atoms with Gasteiger partial charge in [0.1, 0.15) is 17.9 Å². The summed E-state index contributed by atoms with van der Waals surface area (Å²) in [6.07, 6.45) is 1.68. The number of halogens is 2. The molecule has 4 aromatic rings. The second kappa shape index (κ2) is 27.2. The van der Waals surface area contributed by atoms with Gasteiger partial charge in [0.15, 0.2) is 17.3 Å². The number of ether oxygens (including phenoxy) is 9. The molecule has 0 bridgehead atoms. The summed E-state index contributed by atoms with van der Waals surface area (Å²) in [4.78, 5) is 39.9. The minimum Gasteiger partial charge on any atom is -0.494 e. The number of hydrogen-bond donors (Lipinski definition) is 4. The summed E-state index contributed by atoms with van der Waals surface area (Å²) in [6.45, 7) is 6.50. The monoisotopic (exact) mass is 875 g/mol. The number of rotatable bonds is 29. The molecule has 1 fully saturated rings. The molecular weight excluding hydrogens is 821 g/mol. The van der Waals surface area contributed by atoms with Gasteiger partial charge in [0.2, 0.25) is 0 Å². The molecule has 0 aliphatic carbocycles. The molecular formula is C42H55ClFN5O12. The predicted molar refractivity (Wildman–Crippen MR) is 224 cm³/mol. The molecule has 61 heavy (non-hydrogen) atoms. The molecule has 0 radical (unpaired) electrons. The lowest BCUT2D eigenvalue weighted by atomic mass is 10.00. The quantitative estimate of drug-likeness (QED) is 0.0459. The van der Waals surface area contributed by atoms with E-state index < -0.39 is 23.5 Å². The highest BCUT2D eigenvalue weighted by molar-refractivity contribution is 6.11. The van der Waals surface area contributed by atoms with Crippen LogP contribution >= 0.6 is 12.4 Å². The van der Waals surface area contributed by atoms with Gasteiger partial charge in [-0.3, -0.25) is 19.5 Å². The molecule has 17 nitrogen and oxygen atoms in total. The summed E-state index contributed by atoms with van der Waals surface area (Å²) < 4.78 is 64.1. The molecule has 0 unspecified atom stereocenters. The van der Waals surface area contributed by atoms with Crippen molar-refractivity contribution in [2.24, 2.45) is 0 Å². The van der Waals surface area contributed by atoms with Gasteiger partial charge in [-0.05, 0) is 36.4 Å². The Morgan fingerprint density at radius 3 is 1.66 bits per heavy atom. The van der Waals surface area contributed by atoms with Crippen molar-refractivity contribution in [1.29, 1.82) is 0 Å². The standard InChI is InChI=1S/C42H54FN5O12.ClH/c1-52-11-12-54-13-14-55-15-16-56-17-18-57-19-20-58-21-22-59-23-24-60-36-9-10-37(53-2)39(43)38(36)40(49)29-3-5-30(6-4-29)41(50)46-34-27-44-28-35(34)47-42(51)31-7-8-32-26-45-48-33(32)25-31;/h3-10,25-26,34-35,44H,11-24,27-28H2,1-2H3,(H,45,48)(H,46,50)(H,47,51);1H/t34-,35-;/m1./s1. The normalized spacial score (nSPS) is 14.7. The Labute approximate surface area is 359 Å². The molecule has 1 aromatic heterocycles. The molecule has 5 rings (SSSR count). The van der Waals surface area contributed by atoms with Gasteiger partial charge in [-0.25, -0.2) is 4.39 Å². The van der Waals surface area contributed by atoms with Gasteiger partial charge in [-0.2, -0.15) is 5.10 Å². The highest BCUT2D eigenvalue weighted by Gasteiger charge is 2.31. The van der Waals surface area contributed by atoms with E-state index in [9.17, 15) is 14.4 Å². The van der Waals surface area contributed by atoms with Gasteiger partial charge in [0, 0.05) is 42.3 Å². The Morgan fingerprint density at radius 2 is 1.11 bits per heavy atom. The van der Waals surface area contributed by atoms with Crippen molar-refractivity contribution in [3.8, 4) is 11.5 Å². The van der Waals surface area contributed by atoms with E-state index in [1.54, 1.807) is 25.4 Å². The number of aromatic amines is 1. The number of ketones is 1. The number of amides is 2. The first kappa shape index (κ1) is 48.9. The largest absolute Gasteiger partial charge is 0.494 e. The number of aromatic nitrogens is 2. The van der Waals surface area contributed by atoms with Gasteiger partial charge in [0.05, 0.1) is 117 Å².